The maximum absolute atomic E-state index is 12.2. The number of rotatable bonds is 16. The average Bonchev–Trinajstić information content (AvgIpc) is 3.10. The van der Waals surface area contributed by atoms with E-state index in [1.54, 1.807) is 6.92 Å². The molecule has 49 heavy (non-hydrogen) atoms. The lowest BCUT2D eigenvalue weighted by Gasteiger charge is -2.27. The van der Waals surface area contributed by atoms with Crippen molar-refractivity contribution in [1.29, 1.82) is 0 Å². The molecule has 0 rings (SSSR count). The van der Waals surface area contributed by atoms with E-state index in [1.807, 2.05) is 6.92 Å². The van der Waals surface area contributed by atoms with Gasteiger partial charge in [-0.3, -0.25) is 4.79 Å². The Morgan fingerprint density at radius 1 is 0.592 bits per heavy atom. The van der Waals surface area contributed by atoms with E-state index in [-0.39, 0.29) is 52.8 Å². The highest BCUT2D eigenvalue weighted by atomic mass is 16.3. The summed E-state index contributed by atoms with van der Waals surface area (Å²) in [7, 11) is 0. The van der Waals surface area contributed by atoms with E-state index in [4.69, 9.17) is 0 Å². The molecule has 1 amide bonds. The molecular formula is C46H91NO2. The van der Waals surface area contributed by atoms with Crippen molar-refractivity contribution in [3.8, 4) is 142 Å². The SMILES string of the molecule is CC#CC#CC#CC#CC#CC#CC#CC#CC#CC#CC#CC#CC(=O)N[C@@H](CO)[C@H](C)[C@H](C)CC=CCCCCCCCCCCC.[HH].[HH].[HH].[HH].[HH].[HH].[HH].[HH].[HH].[HH].[HH].[HH].[HH].[HH].[HH].[HH].[HH].[HH].[HH].[HH].[HH].[HH].[HH].[HH]. The van der Waals surface area contributed by atoms with Crippen molar-refractivity contribution in [2.45, 2.75) is 104 Å². The molecule has 0 radical (unpaired) electrons. The Bertz CT molecular complexity index is 1920. The summed E-state index contributed by atoms with van der Waals surface area (Å²) >= 11 is 0. The summed E-state index contributed by atoms with van der Waals surface area (Å²) in [4.78, 5) is 12.2. The number of amides is 1. The lowest BCUT2D eigenvalue weighted by molar-refractivity contribution is -0.117. The molecule has 0 aliphatic rings. The smallest absolute Gasteiger partial charge is 0.297 e. The molecule has 3 heteroatoms. The first-order valence-electron chi connectivity index (χ1n) is 16.6. The highest BCUT2D eigenvalue weighted by molar-refractivity contribution is 5.94. The number of aliphatic hydroxyl groups excluding tert-OH is 1. The minimum atomic E-state index is -0.492. The second-order valence-electron chi connectivity index (χ2n) is 10.5. The zero-order valence-corrected chi connectivity index (χ0v) is 29.2. The van der Waals surface area contributed by atoms with Crippen molar-refractivity contribution in [2.75, 3.05) is 6.61 Å². The maximum atomic E-state index is 12.2. The number of nitrogens with one attached hydrogen (secondary N) is 1. The van der Waals surface area contributed by atoms with Gasteiger partial charge in [-0.25, -0.2) is 0 Å². The molecule has 0 bridgehead atoms. The predicted octanol–water partition coefficient (Wildman–Crippen LogP) is 11.6. The molecule has 0 heterocycles. The Kier molecular flexibility index (Phi) is 30.4. The summed E-state index contributed by atoms with van der Waals surface area (Å²) < 4.78 is 0. The van der Waals surface area contributed by atoms with Crippen LogP contribution in [0.15, 0.2) is 12.2 Å². The number of aliphatic hydroxyl groups is 1. The molecule has 3 atom stereocenters. The highest BCUT2D eigenvalue weighted by Crippen LogP contribution is 2.20. The zero-order valence-electron chi connectivity index (χ0n) is 29.2. The van der Waals surface area contributed by atoms with Crippen molar-refractivity contribution in [2.24, 2.45) is 11.8 Å². The predicted molar refractivity (Wildman–Crippen MR) is 253 cm³/mol. The fourth-order valence-corrected chi connectivity index (χ4v) is 3.94. The van der Waals surface area contributed by atoms with Gasteiger partial charge in [-0.1, -0.05) is 90.2 Å². The maximum Gasteiger partial charge on any atom is 0.297 e. The molecule has 0 aromatic carbocycles. The molecular weight excluding hydrogens is 599 g/mol. The van der Waals surface area contributed by atoms with Crippen molar-refractivity contribution in [3.63, 3.8) is 0 Å². The fourth-order valence-electron chi connectivity index (χ4n) is 3.94. The third-order valence-corrected chi connectivity index (χ3v) is 6.81. The topological polar surface area (TPSA) is 49.3 Å². The second kappa shape index (κ2) is 34.8. The summed E-state index contributed by atoms with van der Waals surface area (Å²) in [6.45, 7) is 7.95. The van der Waals surface area contributed by atoms with E-state index in [9.17, 15) is 9.90 Å². The van der Waals surface area contributed by atoms with Gasteiger partial charge in [0.2, 0.25) is 0 Å². The highest BCUT2D eigenvalue weighted by Gasteiger charge is 2.22. The van der Waals surface area contributed by atoms with E-state index >= 15 is 0 Å². The van der Waals surface area contributed by atoms with Crippen LogP contribution in [0.3, 0.4) is 0 Å². The number of hydrogen-bond donors (Lipinski definition) is 2. The first-order valence-corrected chi connectivity index (χ1v) is 16.6. The van der Waals surface area contributed by atoms with Crippen LogP contribution in [-0.2, 0) is 4.79 Å². The van der Waals surface area contributed by atoms with Gasteiger partial charge in [0.15, 0.2) is 0 Å². The number of unbranched alkanes of at least 4 members (excludes halogenated alkanes) is 9. The molecule has 0 aliphatic carbocycles. The Morgan fingerprint density at radius 3 is 1.39 bits per heavy atom. The minimum absolute atomic E-state index is 0. The molecule has 0 spiro atoms. The normalized spacial score (nSPS) is 9.73. The van der Waals surface area contributed by atoms with Gasteiger partial charge >= 0.3 is 0 Å². The largest absolute Gasteiger partial charge is 0.394 e. The number of carbonyl (C=O) groups excluding carboxylic acids is 1. The van der Waals surface area contributed by atoms with Crippen LogP contribution in [0.5, 0.6) is 0 Å². The van der Waals surface area contributed by atoms with Gasteiger partial charge in [0.1, 0.15) is 0 Å². The van der Waals surface area contributed by atoms with E-state index in [2.05, 4.69) is 173 Å². The van der Waals surface area contributed by atoms with Gasteiger partial charge in [0.05, 0.1) is 12.6 Å². The van der Waals surface area contributed by atoms with Crippen LogP contribution < -0.4 is 5.32 Å². The molecule has 2 N–H and O–H groups in total. The molecule has 0 saturated carbocycles. The quantitative estimate of drug-likeness (QED) is 0.0962. The number of carbonyl (C=O) groups is 1. The lowest BCUT2D eigenvalue weighted by atomic mass is 9.86. The van der Waals surface area contributed by atoms with Gasteiger partial charge < -0.3 is 10.4 Å². The third kappa shape index (κ3) is 30.3. The average molecular weight is 690 g/mol. The van der Waals surface area contributed by atoms with E-state index in [0.29, 0.717) is 5.92 Å². The Labute approximate surface area is 333 Å². The summed E-state index contributed by atoms with van der Waals surface area (Å²) in [5.41, 5.74) is 0. The van der Waals surface area contributed by atoms with Crippen LogP contribution >= 0.6 is 0 Å². The second-order valence-corrected chi connectivity index (χ2v) is 10.5. The molecule has 292 valence electrons. The number of allylic oxidation sites excluding steroid dienone is 2. The number of hydrogen-bond acceptors (Lipinski definition) is 2. The summed E-state index contributed by atoms with van der Waals surface area (Å²) in [6, 6.07) is -0.388. The van der Waals surface area contributed by atoms with Gasteiger partial charge in [-0.05, 0) is 133 Å². The fraction of sp³-hybridized carbons (Fsp3) is 0.413. The van der Waals surface area contributed by atoms with Crippen LogP contribution in [0.25, 0.3) is 0 Å². The van der Waals surface area contributed by atoms with Gasteiger partial charge in [0, 0.05) is 75.7 Å². The van der Waals surface area contributed by atoms with Crippen LogP contribution in [0, 0.1) is 154 Å². The summed E-state index contributed by atoms with van der Waals surface area (Å²) in [5, 5.41) is 12.6. The Balaban J connectivity index is -0.0000000417. The standard InChI is InChI=1S/C46H43NO2.24H2/c1-5-7-9-11-13-15-17-19-20-21-22-23-24-25-26-27-28-29-31-33-35-37-39-41-46(49)47-45(42-48)44(4)43(3)40-38-36-34-32-30-18-16-14-12-10-8-6-2;;;;;;;;;;;;;;;;;;;;;;;;/h36,38,43-45,48H,6,8,10,12,14,16,18,30,32,34,40,42H2,1-4H3,(H,47,49);24*1H/t43-,44-,45+;;;;;;;;;;;;;;;;;;;;;;;;/m1......................../s1. The molecule has 0 aromatic heterocycles. The summed E-state index contributed by atoms with van der Waals surface area (Å²) in [5.74, 6) is 60.3. The van der Waals surface area contributed by atoms with Crippen molar-refractivity contribution < 1.29 is 44.1 Å². The van der Waals surface area contributed by atoms with Crippen LogP contribution in [0.4, 0.5) is 0 Å². The lowest BCUT2D eigenvalue weighted by Crippen LogP contribution is -2.43. The molecule has 0 aromatic rings. The van der Waals surface area contributed by atoms with Crippen LogP contribution in [0.1, 0.15) is 133 Å². The third-order valence-electron chi connectivity index (χ3n) is 6.81. The van der Waals surface area contributed by atoms with Crippen molar-refractivity contribution >= 4 is 5.91 Å². The van der Waals surface area contributed by atoms with Crippen molar-refractivity contribution in [3.05, 3.63) is 12.2 Å². The van der Waals surface area contributed by atoms with E-state index < -0.39 is 5.91 Å². The minimum Gasteiger partial charge on any atom is -0.394 e. The van der Waals surface area contributed by atoms with E-state index in [1.165, 1.54) is 57.8 Å². The van der Waals surface area contributed by atoms with Crippen molar-refractivity contribution in [1.82, 2.24) is 5.32 Å². The Hall–Kier alpha value is -6.11. The summed E-state index contributed by atoms with van der Waals surface area (Å²) in [6.07, 6.45) is 18.5. The Morgan fingerprint density at radius 2 is 0.980 bits per heavy atom. The first kappa shape index (κ1) is 42.9. The van der Waals surface area contributed by atoms with Gasteiger partial charge in [0.25, 0.3) is 5.91 Å². The van der Waals surface area contributed by atoms with E-state index in [0.717, 1.165) is 12.8 Å². The zero-order chi connectivity index (χ0) is 35.9. The monoisotopic (exact) mass is 690 g/mol. The molecule has 0 fully saturated rings. The van der Waals surface area contributed by atoms with Gasteiger partial charge in [-0.15, -0.1) is 0 Å². The molecule has 3 nitrogen and oxygen atoms in total. The van der Waals surface area contributed by atoms with Gasteiger partial charge in [-0.2, -0.15) is 0 Å². The molecule has 0 saturated heterocycles. The van der Waals surface area contributed by atoms with Crippen LogP contribution in [0.2, 0.25) is 0 Å². The molecule has 0 unspecified atom stereocenters. The first-order chi connectivity index (χ1) is 24.1. The molecule has 0 aliphatic heterocycles. The van der Waals surface area contributed by atoms with Crippen LogP contribution in [-0.4, -0.2) is 23.7 Å².